The van der Waals surface area contributed by atoms with Crippen molar-refractivity contribution >= 4 is 11.9 Å². The summed E-state index contributed by atoms with van der Waals surface area (Å²) >= 11 is 0. The number of carbonyl (C=O) groups excluding carboxylic acids is 1. The van der Waals surface area contributed by atoms with E-state index < -0.39 is 5.97 Å². The Morgan fingerprint density at radius 2 is 2.11 bits per heavy atom. The van der Waals surface area contributed by atoms with Crippen LogP contribution in [0, 0.1) is 0 Å². The van der Waals surface area contributed by atoms with E-state index in [9.17, 15) is 9.59 Å². The van der Waals surface area contributed by atoms with Crippen LogP contribution in [0.2, 0.25) is 0 Å². The number of carboxylic acids is 1. The van der Waals surface area contributed by atoms with Crippen LogP contribution in [0.5, 0.6) is 0 Å². The number of hydrogen-bond acceptors (Lipinski definition) is 2. The number of carbonyl (C=O) groups is 2. The Kier molecular flexibility index (Phi) is 5.89. The first-order valence-corrected chi connectivity index (χ1v) is 6.75. The topological polar surface area (TPSA) is 57.6 Å². The molecule has 1 atom stereocenters. The molecule has 1 aliphatic rings. The third kappa shape index (κ3) is 4.17. The minimum atomic E-state index is -0.784. The lowest BCUT2D eigenvalue weighted by Crippen LogP contribution is -2.44. The zero-order chi connectivity index (χ0) is 13.5. The molecule has 1 rings (SSSR count). The van der Waals surface area contributed by atoms with Gasteiger partial charge in [0.2, 0.25) is 5.91 Å². The second kappa shape index (κ2) is 7.19. The maximum Gasteiger partial charge on any atom is 0.303 e. The van der Waals surface area contributed by atoms with Crippen LogP contribution in [-0.2, 0) is 9.59 Å². The Hall–Kier alpha value is -1.32. The Morgan fingerprint density at radius 3 is 2.72 bits per heavy atom. The molecule has 4 nitrogen and oxygen atoms in total. The van der Waals surface area contributed by atoms with E-state index in [1.54, 1.807) is 0 Å². The standard InChI is InChI=1S/C14H23NO3/c1-3-6-11(2)14(18)15-10-5-4-7-12(15)8-9-13(16)17/h6,12H,3-5,7-10H2,1-2H3,(H,16,17). The first kappa shape index (κ1) is 14.7. The van der Waals surface area contributed by atoms with E-state index in [1.165, 1.54) is 0 Å². The van der Waals surface area contributed by atoms with Crippen molar-refractivity contribution in [2.75, 3.05) is 6.54 Å². The van der Waals surface area contributed by atoms with Crippen LogP contribution in [0.15, 0.2) is 11.6 Å². The highest BCUT2D eigenvalue weighted by Crippen LogP contribution is 2.22. The van der Waals surface area contributed by atoms with Gasteiger partial charge >= 0.3 is 5.97 Å². The fraction of sp³-hybridized carbons (Fsp3) is 0.714. The SMILES string of the molecule is CCC=C(C)C(=O)N1CCCCC1CCC(=O)O. The molecule has 1 saturated heterocycles. The molecule has 0 aliphatic carbocycles. The van der Waals surface area contributed by atoms with Gasteiger partial charge in [0.1, 0.15) is 0 Å². The van der Waals surface area contributed by atoms with Crippen LogP contribution in [0.1, 0.15) is 52.4 Å². The number of nitrogens with zero attached hydrogens (tertiary/aromatic N) is 1. The third-order valence-corrected chi connectivity index (χ3v) is 3.43. The van der Waals surface area contributed by atoms with Gasteiger partial charge in [-0.05, 0) is 39.0 Å². The molecule has 0 saturated carbocycles. The molecule has 4 heteroatoms. The van der Waals surface area contributed by atoms with Crippen molar-refractivity contribution in [2.24, 2.45) is 0 Å². The molecule has 102 valence electrons. The fourth-order valence-corrected chi connectivity index (χ4v) is 2.48. The van der Waals surface area contributed by atoms with Crippen molar-refractivity contribution in [1.82, 2.24) is 4.90 Å². The van der Waals surface area contributed by atoms with Crippen molar-refractivity contribution in [3.8, 4) is 0 Å². The summed E-state index contributed by atoms with van der Waals surface area (Å²) in [5.74, 6) is -0.708. The number of piperidine rings is 1. The van der Waals surface area contributed by atoms with Crippen LogP contribution >= 0.6 is 0 Å². The van der Waals surface area contributed by atoms with E-state index in [2.05, 4.69) is 0 Å². The minimum absolute atomic E-state index is 0.0759. The fourth-order valence-electron chi connectivity index (χ4n) is 2.48. The van der Waals surface area contributed by atoms with Gasteiger partial charge in [0.15, 0.2) is 0 Å². The second-order valence-electron chi connectivity index (χ2n) is 4.88. The van der Waals surface area contributed by atoms with Crippen LogP contribution in [0.3, 0.4) is 0 Å². The van der Waals surface area contributed by atoms with Crippen molar-refractivity contribution in [2.45, 2.75) is 58.4 Å². The molecule has 1 amide bonds. The first-order valence-electron chi connectivity index (χ1n) is 6.75. The lowest BCUT2D eigenvalue weighted by molar-refractivity contribution is -0.139. The van der Waals surface area contributed by atoms with Crippen LogP contribution < -0.4 is 0 Å². The largest absolute Gasteiger partial charge is 0.481 e. The zero-order valence-corrected chi connectivity index (χ0v) is 11.3. The summed E-state index contributed by atoms with van der Waals surface area (Å²) in [4.78, 5) is 24.8. The molecular weight excluding hydrogens is 230 g/mol. The summed E-state index contributed by atoms with van der Waals surface area (Å²) in [5, 5.41) is 8.75. The van der Waals surface area contributed by atoms with Gasteiger partial charge in [0.25, 0.3) is 0 Å². The lowest BCUT2D eigenvalue weighted by atomic mass is 9.97. The van der Waals surface area contributed by atoms with E-state index in [0.29, 0.717) is 6.42 Å². The summed E-state index contributed by atoms with van der Waals surface area (Å²) < 4.78 is 0. The second-order valence-corrected chi connectivity index (χ2v) is 4.88. The van der Waals surface area contributed by atoms with Gasteiger partial charge in [0.05, 0.1) is 0 Å². The molecule has 0 spiro atoms. The van der Waals surface area contributed by atoms with Gasteiger partial charge in [-0.15, -0.1) is 0 Å². The highest BCUT2D eigenvalue weighted by molar-refractivity contribution is 5.93. The van der Waals surface area contributed by atoms with E-state index in [1.807, 2.05) is 24.8 Å². The normalized spacial score (nSPS) is 20.9. The highest BCUT2D eigenvalue weighted by atomic mass is 16.4. The van der Waals surface area contributed by atoms with E-state index >= 15 is 0 Å². The maximum atomic E-state index is 12.3. The Bertz CT molecular complexity index is 336. The molecule has 0 aromatic rings. The number of hydrogen-bond donors (Lipinski definition) is 1. The first-order chi connectivity index (χ1) is 8.56. The van der Waals surface area contributed by atoms with Crippen molar-refractivity contribution in [3.05, 3.63) is 11.6 Å². The van der Waals surface area contributed by atoms with Gasteiger partial charge in [-0.2, -0.15) is 0 Å². The van der Waals surface area contributed by atoms with Gasteiger partial charge in [0, 0.05) is 24.6 Å². The molecule has 0 radical (unpaired) electrons. The molecule has 1 N–H and O–H groups in total. The summed E-state index contributed by atoms with van der Waals surface area (Å²) in [6.45, 7) is 4.61. The summed E-state index contributed by atoms with van der Waals surface area (Å²) in [6.07, 6.45) is 6.54. The van der Waals surface area contributed by atoms with Gasteiger partial charge in [-0.1, -0.05) is 13.0 Å². The number of rotatable bonds is 5. The van der Waals surface area contributed by atoms with Crippen LogP contribution in [0.25, 0.3) is 0 Å². The lowest BCUT2D eigenvalue weighted by Gasteiger charge is -2.36. The molecule has 18 heavy (non-hydrogen) atoms. The quantitative estimate of drug-likeness (QED) is 0.766. The zero-order valence-electron chi connectivity index (χ0n) is 11.3. The number of allylic oxidation sites excluding steroid dienone is 1. The molecule has 1 heterocycles. The number of amides is 1. The molecule has 1 fully saturated rings. The Morgan fingerprint density at radius 1 is 1.39 bits per heavy atom. The number of likely N-dealkylation sites (tertiary alicyclic amines) is 1. The van der Waals surface area contributed by atoms with Gasteiger partial charge < -0.3 is 10.0 Å². The molecule has 0 bridgehead atoms. The molecule has 0 aromatic carbocycles. The Labute approximate surface area is 109 Å². The summed E-state index contributed by atoms with van der Waals surface area (Å²) in [5.41, 5.74) is 0.778. The Balaban J connectivity index is 2.66. The van der Waals surface area contributed by atoms with E-state index in [0.717, 1.165) is 37.8 Å². The monoisotopic (exact) mass is 253 g/mol. The maximum absolute atomic E-state index is 12.3. The average Bonchev–Trinajstić information content (AvgIpc) is 2.36. The summed E-state index contributed by atoms with van der Waals surface area (Å²) in [6, 6.07) is 0.0996. The van der Waals surface area contributed by atoms with E-state index in [-0.39, 0.29) is 18.4 Å². The van der Waals surface area contributed by atoms with Crippen LogP contribution in [-0.4, -0.2) is 34.5 Å². The number of carboxylic acid groups (broad SMARTS) is 1. The highest BCUT2D eigenvalue weighted by Gasteiger charge is 2.27. The minimum Gasteiger partial charge on any atom is -0.481 e. The molecule has 1 unspecified atom stereocenters. The van der Waals surface area contributed by atoms with Crippen LogP contribution in [0.4, 0.5) is 0 Å². The van der Waals surface area contributed by atoms with Crippen molar-refractivity contribution in [1.29, 1.82) is 0 Å². The van der Waals surface area contributed by atoms with Crippen molar-refractivity contribution in [3.63, 3.8) is 0 Å². The smallest absolute Gasteiger partial charge is 0.303 e. The number of aliphatic carboxylic acids is 1. The average molecular weight is 253 g/mol. The van der Waals surface area contributed by atoms with E-state index in [4.69, 9.17) is 5.11 Å². The third-order valence-electron chi connectivity index (χ3n) is 3.43. The molecule has 0 aromatic heterocycles. The predicted octanol–water partition coefficient (Wildman–Crippen LogP) is 2.59. The van der Waals surface area contributed by atoms with Gasteiger partial charge in [-0.25, -0.2) is 0 Å². The molecular formula is C14H23NO3. The molecule has 1 aliphatic heterocycles. The predicted molar refractivity (Wildman–Crippen MR) is 70.3 cm³/mol. The van der Waals surface area contributed by atoms with Crippen molar-refractivity contribution < 1.29 is 14.7 Å². The van der Waals surface area contributed by atoms with Gasteiger partial charge in [-0.3, -0.25) is 9.59 Å². The summed E-state index contributed by atoms with van der Waals surface area (Å²) in [7, 11) is 0.